The Hall–Kier alpha value is -1.21. The molecule has 0 bridgehead atoms. The molecule has 2 atom stereocenters. The second kappa shape index (κ2) is 4.47. The maximum atomic E-state index is 6.16. The third kappa shape index (κ3) is 1.97. The number of hydrogen-bond donors (Lipinski definition) is 3. The molecule has 1 aliphatic heterocycles. The van der Waals surface area contributed by atoms with E-state index in [-0.39, 0.29) is 18.4 Å². The lowest BCUT2D eigenvalue weighted by molar-refractivity contribution is 0.352. The number of benzene rings is 1. The van der Waals surface area contributed by atoms with Crippen LogP contribution in [0.5, 0.6) is 0 Å². The molecule has 1 fully saturated rings. The maximum Gasteiger partial charge on any atom is 0.0832 e. The van der Waals surface area contributed by atoms with Crippen molar-refractivity contribution in [3.8, 4) is 0 Å². The zero-order valence-electron chi connectivity index (χ0n) is 9.99. The number of piperidine rings is 1. The molecule has 2 heterocycles. The van der Waals surface area contributed by atoms with Crippen LogP contribution in [0.4, 0.5) is 5.69 Å². The molecule has 5 nitrogen and oxygen atoms in total. The summed E-state index contributed by atoms with van der Waals surface area (Å²) >= 11 is 1.63. The van der Waals surface area contributed by atoms with Crippen LogP contribution in [0.25, 0.3) is 10.2 Å². The molecule has 96 valence electrons. The zero-order valence-corrected chi connectivity index (χ0v) is 10.8. The first-order chi connectivity index (χ1) is 8.65. The van der Waals surface area contributed by atoms with E-state index in [1.807, 2.05) is 16.5 Å². The molecule has 2 aromatic rings. The van der Waals surface area contributed by atoms with Crippen molar-refractivity contribution in [2.45, 2.75) is 31.2 Å². The molecule has 6 heteroatoms. The van der Waals surface area contributed by atoms with Crippen LogP contribution < -0.4 is 22.1 Å². The van der Waals surface area contributed by atoms with Crippen molar-refractivity contribution in [2.24, 2.45) is 17.2 Å². The first-order valence-electron chi connectivity index (χ1n) is 6.03. The van der Waals surface area contributed by atoms with E-state index in [9.17, 15) is 0 Å². The van der Waals surface area contributed by atoms with Crippen LogP contribution in [0.15, 0.2) is 23.7 Å². The Kier molecular flexibility index (Phi) is 2.95. The molecule has 0 radical (unpaired) electrons. The van der Waals surface area contributed by atoms with Gasteiger partial charge < -0.3 is 22.1 Å². The van der Waals surface area contributed by atoms with Crippen LogP contribution in [-0.4, -0.2) is 23.4 Å². The van der Waals surface area contributed by atoms with Gasteiger partial charge in [0.25, 0.3) is 0 Å². The van der Waals surface area contributed by atoms with Crippen LogP contribution in [0.2, 0.25) is 0 Å². The van der Waals surface area contributed by atoms with E-state index in [4.69, 9.17) is 17.2 Å². The van der Waals surface area contributed by atoms with Gasteiger partial charge in [0, 0.05) is 11.7 Å². The topological polar surface area (TPSA) is 94.2 Å². The minimum absolute atomic E-state index is 0.0919. The Labute approximate surface area is 110 Å². The second-order valence-corrected chi connectivity index (χ2v) is 5.66. The fourth-order valence-electron chi connectivity index (χ4n) is 2.58. The lowest BCUT2D eigenvalue weighted by Crippen LogP contribution is -2.60. The van der Waals surface area contributed by atoms with Gasteiger partial charge >= 0.3 is 0 Å². The summed E-state index contributed by atoms with van der Waals surface area (Å²) in [5.74, 6) is 0. The minimum atomic E-state index is -0.125. The highest BCUT2D eigenvalue weighted by Gasteiger charge is 2.30. The molecule has 0 amide bonds. The van der Waals surface area contributed by atoms with Crippen molar-refractivity contribution < 1.29 is 0 Å². The van der Waals surface area contributed by atoms with Crippen molar-refractivity contribution in [1.82, 2.24) is 4.98 Å². The summed E-state index contributed by atoms with van der Waals surface area (Å²) in [5.41, 5.74) is 22.1. The molecule has 18 heavy (non-hydrogen) atoms. The summed E-state index contributed by atoms with van der Waals surface area (Å²) in [6.07, 6.45) is 1.28. The summed E-state index contributed by atoms with van der Waals surface area (Å²) in [5, 5.41) is 0. The molecule has 3 rings (SSSR count). The summed E-state index contributed by atoms with van der Waals surface area (Å²) in [4.78, 5) is 6.37. The molecule has 1 aromatic heterocycles. The summed E-state index contributed by atoms with van der Waals surface area (Å²) in [6, 6.07) is 6.25. The van der Waals surface area contributed by atoms with E-state index in [0.29, 0.717) is 0 Å². The molecule has 0 saturated carbocycles. The number of fused-ring (bicyclic) bond motifs is 1. The van der Waals surface area contributed by atoms with Gasteiger partial charge in [-0.25, -0.2) is 4.98 Å². The zero-order chi connectivity index (χ0) is 12.7. The largest absolute Gasteiger partial charge is 0.341 e. The minimum Gasteiger partial charge on any atom is -0.341 e. The van der Waals surface area contributed by atoms with E-state index in [0.717, 1.165) is 24.0 Å². The third-order valence-electron chi connectivity index (χ3n) is 3.42. The number of thiazole rings is 1. The van der Waals surface area contributed by atoms with Crippen LogP contribution in [0, 0.1) is 0 Å². The monoisotopic (exact) mass is 263 g/mol. The summed E-state index contributed by atoms with van der Waals surface area (Å²) in [7, 11) is 0. The van der Waals surface area contributed by atoms with Gasteiger partial charge in [-0.2, -0.15) is 0 Å². The van der Waals surface area contributed by atoms with Gasteiger partial charge in [0.1, 0.15) is 0 Å². The van der Waals surface area contributed by atoms with Crippen LogP contribution in [0.1, 0.15) is 12.8 Å². The van der Waals surface area contributed by atoms with Gasteiger partial charge in [0.2, 0.25) is 0 Å². The van der Waals surface area contributed by atoms with Gasteiger partial charge in [-0.15, -0.1) is 11.3 Å². The summed E-state index contributed by atoms with van der Waals surface area (Å²) < 4.78 is 1.18. The van der Waals surface area contributed by atoms with Crippen molar-refractivity contribution in [3.05, 3.63) is 23.7 Å². The predicted molar refractivity (Wildman–Crippen MR) is 75.3 cm³/mol. The van der Waals surface area contributed by atoms with E-state index in [2.05, 4.69) is 17.1 Å². The van der Waals surface area contributed by atoms with Crippen molar-refractivity contribution in [1.29, 1.82) is 0 Å². The molecule has 1 aromatic carbocycles. The number of anilines is 1. The molecular weight excluding hydrogens is 246 g/mol. The Bertz CT molecular complexity index is 542. The third-order valence-corrected chi connectivity index (χ3v) is 4.23. The van der Waals surface area contributed by atoms with Gasteiger partial charge in [0.15, 0.2) is 0 Å². The lowest BCUT2D eigenvalue weighted by atomic mass is 9.99. The SMILES string of the molecule is NC1CC(N)N(c2ccc3scnc3c2)C(N)C1. The number of rotatable bonds is 1. The molecule has 2 unspecified atom stereocenters. The molecule has 0 aliphatic carbocycles. The van der Waals surface area contributed by atoms with E-state index < -0.39 is 0 Å². The smallest absolute Gasteiger partial charge is 0.0832 e. The van der Waals surface area contributed by atoms with Gasteiger partial charge in [-0.1, -0.05) is 0 Å². The van der Waals surface area contributed by atoms with Gasteiger partial charge in [-0.05, 0) is 31.0 Å². The molecule has 6 N–H and O–H groups in total. The molecule has 1 saturated heterocycles. The second-order valence-electron chi connectivity index (χ2n) is 4.78. The van der Waals surface area contributed by atoms with E-state index in [1.165, 1.54) is 4.70 Å². The lowest BCUT2D eigenvalue weighted by Gasteiger charge is -2.42. The average Bonchev–Trinajstić information content (AvgIpc) is 2.74. The highest BCUT2D eigenvalue weighted by atomic mass is 32.1. The number of nitrogens with zero attached hydrogens (tertiary/aromatic N) is 2. The Balaban J connectivity index is 1.97. The molecule has 0 spiro atoms. The fourth-order valence-corrected chi connectivity index (χ4v) is 3.24. The highest BCUT2D eigenvalue weighted by Crippen LogP contribution is 2.28. The van der Waals surface area contributed by atoms with Gasteiger partial charge in [0.05, 0.1) is 28.1 Å². The first kappa shape index (κ1) is 11.9. The average molecular weight is 263 g/mol. The maximum absolute atomic E-state index is 6.16. The van der Waals surface area contributed by atoms with Crippen molar-refractivity contribution in [2.75, 3.05) is 4.90 Å². The van der Waals surface area contributed by atoms with E-state index in [1.54, 1.807) is 11.3 Å². The van der Waals surface area contributed by atoms with Crippen LogP contribution >= 0.6 is 11.3 Å². The fraction of sp³-hybridized carbons (Fsp3) is 0.417. The summed E-state index contributed by atoms with van der Waals surface area (Å²) in [6.45, 7) is 0. The van der Waals surface area contributed by atoms with Crippen molar-refractivity contribution >= 4 is 27.2 Å². The number of nitrogens with two attached hydrogens (primary N) is 3. The van der Waals surface area contributed by atoms with Crippen LogP contribution in [-0.2, 0) is 0 Å². The quantitative estimate of drug-likeness (QED) is 0.707. The van der Waals surface area contributed by atoms with E-state index >= 15 is 0 Å². The number of aromatic nitrogens is 1. The predicted octanol–water partition coefficient (Wildman–Crippen LogP) is 0.793. The highest BCUT2D eigenvalue weighted by molar-refractivity contribution is 7.16. The van der Waals surface area contributed by atoms with Crippen LogP contribution in [0.3, 0.4) is 0 Å². The number of hydrogen-bond acceptors (Lipinski definition) is 6. The Morgan fingerprint density at radius 1 is 1.17 bits per heavy atom. The standard InChI is InChI=1S/C12H17N5S/c13-7-3-11(14)17(12(15)4-7)8-1-2-10-9(5-8)16-6-18-10/h1-2,5-7,11-12H,3-4,13-15H2. The first-order valence-corrected chi connectivity index (χ1v) is 6.91. The Morgan fingerprint density at radius 3 is 2.61 bits per heavy atom. The molecule has 1 aliphatic rings. The Morgan fingerprint density at radius 2 is 1.89 bits per heavy atom. The van der Waals surface area contributed by atoms with Crippen molar-refractivity contribution in [3.63, 3.8) is 0 Å². The molecular formula is C12H17N5S. The van der Waals surface area contributed by atoms with Gasteiger partial charge in [-0.3, -0.25) is 0 Å². The normalized spacial score (nSPS) is 28.8.